The van der Waals surface area contributed by atoms with Crippen LogP contribution in [0.2, 0.25) is 0 Å². The van der Waals surface area contributed by atoms with Crippen LogP contribution in [-0.4, -0.2) is 47.2 Å². The molecule has 1 aromatic carbocycles. The minimum atomic E-state index is -0.275. The predicted molar refractivity (Wildman–Crippen MR) is 91.1 cm³/mol. The fraction of sp³-hybridized carbons (Fsp3) is 0.389. The molecule has 126 valence electrons. The molecular formula is C18H21FN4O. The summed E-state index contributed by atoms with van der Waals surface area (Å²) in [6.45, 7) is 4.81. The van der Waals surface area contributed by atoms with Gasteiger partial charge in [0.25, 0.3) is 0 Å². The zero-order valence-corrected chi connectivity index (χ0v) is 13.8. The van der Waals surface area contributed by atoms with E-state index < -0.39 is 0 Å². The molecule has 2 aromatic rings. The van der Waals surface area contributed by atoms with E-state index in [2.05, 4.69) is 17.1 Å². The van der Waals surface area contributed by atoms with Gasteiger partial charge in [0.15, 0.2) is 5.82 Å². The van der Waals surface area contributed by atoms with Gasteiger partial charge < -0.3 is 9.80 Å². The molecule has 0 saturated carbocycles. The lowest BCUT2D eigenvalue weighted by Gasteiger charge is -2.21. The van der Waals surface area contributed by atoms with E-state index in [0.29, 0.717) is 18.1 Å². The summed E-state index contributed by atoms with van der Waals surface area (Å²) in [6, 6.07) is 9.89. The summed E-state index contributed by atoms with van der Waals surface area (Å²) < 4.78 is 13.0. The Morgan fingerprint density at radius 2 is 1.88 bits per heavy atom. The van der Waals surface area contributed by atoms with Crippen molar-refractivity contribution in [1.29, 1.82) is 0 Å². The molecule has 0 N–H and O–H groups in total. The second kappa shape index (κ2) is 7.38. The van der Waals surface area contributed by atoms with Gasteiger partial charge in [-0.3, -0.25) is 4.79 Å². The highest BCUT2D eigenvalue weighted by Gasteiger charge is 2.22. The highest BCUT2D eigenvalue weighted by molar-refractivity contribution is 5.81. The predicted octanol–water partition coefficient (Wildman–Crippen LogP) is 2.73. The van der Waals surface area contributed by atoms with Crippen LogP contribution in [0.15, 0.2) is 36.4 Å². The summed E-state index contributed by atoms with van der Waals surface area (Å²) in [7, 11) is 0. The van der Waals surface area contributed by atoms with E-state index in [-0.39, 0.29) is 11.7 Å². The highest BCUT2D eigenvalue weighted by atomic mass is 19.1. The van der Waals surface area contributed by atoms with Crippen LogP contribution in [-0.2, 0) is 4.79 Å². The number of aromatic nitrogens is 2. The minimum Gasteiger partial charge on any atom is -0.346 e. The van der Waals surface area contributed by atoms with Gasteiger partial charge in [0.05, 0.1) is 12.2 Å². The molecule has 3 rings (SSSR count). The summed E-state index contributed by atoms with van der Waals surface area (Å²) in [4.78, 5) is 16.2. The Bertz CT molecular complexity index is 687. The molecule has 1 amide bonds. The Labute approximate surface area is 141 Å². The quantitative estimate of drug-likeness (QED) is 0.866. The molecule has 0 atom stereocenters. The van der Waals surface area contributed by atoms with Gasteiger partial charge in [0, 0.05) is 25.2 Å². The number of amides is 1. The van der Waals surface area contributed by atoms with Gasteiger partial charge in [-0.1, -0.05) is 6.92 Å². The molecule has 6 heteroatoms. The molecule has 0 radical (unpaired) electrons. The van der Waals surface area contributed by atoms with Crippen LogP contribution in [0.4, 0.5) is 10.2 Å². The summed E-state index contributed by atoms with van der Waals surface area (Å²) >= 11 is 0. The van der Waals surface area contributed by atoms with Gasteiger partial charge in [-0.2, -0.15) is 0 Å². The Balaban J connectivity index is 1.73. The third kappa shape index (κ3) is 3.69. The van der Waals surface area contributed by atoms with Crippen molar-refractivity contribution in [3.63, 3.8) is 0 Å². The van der Waals surface area contributed by atoms with Gasteiger partial charge in [-0.05, 0) is 49.2 Å². The number of halogens is 1. The third-order valence-electron chi connectivity index (χ3n) is 4.14. The van der Waals surface area contributed by atoms with E-state index in [4.69, 9.17) is 0 Å². The Hall–Kier alpha value is -2.50. The largest absolute Gasteiger partial charge is 0.346 e. The van der Waals surface area contributed by atoms with Crippen molar-refractivity contribution in [3.05, 3.63) is 42.2 Å². The van der Waals surface area contributed by atoms with E-state index in [0.717, 1.165) is 38.0 Å². The van der Waals surface area contributed by atoms with E-state index in [9.17, 15) is 9.18 Å². The molecule has 2 heterocycles. The van der Waals surface area contributed by atoms with Gasteiger partial charge in [-0.15, -0.1) is 10.2 Å². The number of carbonyl (C=O) groups excluding carboxylic acids is 1. The topological polar surface area (TPSA) is 49.3 Å². The van der Waals surface area contributed by atoms with Gasteiger partial charge >= 0.3 is 0 Å². The first-order valence-corrected chi connectivity index (χ1v) is 8.30. The second-order valence-corrected chi connectivity index (χ2v) is 5.94. The Morgan fingerprint density at radius 3 is 2.54 bits per heavy atom. The number of carbonyl (C=O) groups is 1. The smallest absolute Gasteiger partial charge is 0.242 e. The molecule has 1 aliphatic rings. The van der Waals surface area contributed by atoms with Crippen LogP contribution in [0.5, 0.6) is 0 Å². The minimum absolute atomic E-state index is 0.138. The van der Waals surface area contributed by atoms with Gasteiger partial charge in [0.1, 0.15) is 5.82 Å². The monoisotopic (exact) mass is 328 g/mol. The zero-order chi connectivity index (χ0) is 16.9. The first-order chi connectivity index (χ1) is 11.7. The van der Waals surface area contributed by atoms with Crippen molar-refractivity contribution in [2.75, 3.05) is 31.1 Å². The first-order valence-electron chi connectivity index (χ1n) is 8.30. The molecule has 24 heavy (non-hydrogen) atoms. The number of anilines is 1. The van der Waals surface area contributed by atoms with Crippen LogP contribution >= 0.6 is 0 Å². The lowest BCUT2D eigenvalue weighted by atomic mass is 10.1. The number of benzene rings is 1. The maximum atomic E-state index is 13.0. The lowest BCUT2D eigenvalue weighted by Crippen LogP contribution is -2.37. The molecule has 5 nitrogen and oxygen atoms in total. The van der Waals surface area contributed by atoms with E-state index in [1.54, 1.807) is 12.1 Å². The molecular weight excluding hydrogens is 307 g/mol. The van der Waals surface area contributed by atoms with Crippen LogP contribution in [0, 0.1) is 5.82 Å². The fourth-order valence-electron chi connectivity index (χ4n) is 2.89. The Kier molecular flexibility index (Phi) is 5.03. The Morgan fingerprint density at radius 1 is 1.08 bits per heavy atom. The molecule has 1 aliphatic heterocycles. The zero-order valence-electron chi connectivity index (χ0n) is 13.8. The lowest BCUT2D eigenvalue weighted by molar-refractivity contribution is -0.129. The summed E-state index contributed by atoms with van der Waals surface area (Å²) in [5.74, 6) is 0.564. The summed E-state index contributed by atoms with van der Waals surface area (Å²) in [5.41, 5.74) is 1.50. The van der Waals surface area contributed by atoms with Crippen molar-refractivity contribution in [1.82, 2.24) is 15.1 Å². The highest BCUT2D eigenvalue weighted by Crippen LogP contribution is 2.20. The van der Waals surface area contributed by atoms with Crippen LogP contribution in [0.25, 0.3) is 11.3 Å². The SMILES string of the molecule is CCCN1CCCN(c2ccc(-c3ccc(F)cc3)nn2)CC1=O. The maximum absolute atomic E-state index is 13.0. The van der Waals surface area contributed by atoms with Crippen LogP contribution in [0.3, 0.4) is 0 Å². The van der Waals surface area contributed by atoms with Gasteiger partial charge in [0.2, 0.25) is 5.91 Å². The molecule has 0 bridgehead atoms. The average molecular weight is 328 g/mol. The second-order valence-electron chi connectivity index (χ2n) is 5.94. The normalized spacial score (nSPS) is 15.5. The molecule has 0 spiro atoms. The number of nitrogens with zero attached hydrogens (tertiary/aromatic N) is 4. The van der Waals surface area contributed by atoms with Crippen LogP contribution in [0.1, 0.15) is 19.8 Å². The van der Waals surface area contributed by atoms with Crippen molar-refractivity contribution in [2.45, 2.75) is 19.8 Å². The van der Waals surface area contributed by atoms with Crippen molar-refractivity contribution in [3.8, 4) is 11.3 Å². The van der Waals surface area contributed by atoms with E-state index in [1.165, 1.54) is 12.1 Å². The van der Waals surface area contributed by atoms with Crippen molar-refractivity contribution >= 4 is 11.7 Å². The van der Waals surface area contributed by atoms with Crippen LogP contribution < -0.4 is 4.90 Å². The van der Waals surface area contributed by atoms with Crippen molar-refractivity contribution in [2.24, 2.45) is 0 Å². The molecule has 1 aromatic heterocycles. The van der Waals surface area contributed by atoms with Crippen molar-refractivity contribution < 1.29 is 9.18 Å². The number of hydrogen-bond acceptors (Lipinski definition) is 4. The molecule has 0 aliphatic carbocycles. The van der Waals surface area contributed by atoms with E-state index in [1.807, 2.05) is 21.9 Å². The van der Waals surface area contributed by atoms with E-state index >= 15 is 0 Å². The number of hydrogen-bond donors (Lipinski definition) is 0. The number of rotatable bonds is 4. The molecule has 0 unspecified atom stereocenters. The van der Waals surface area contributed by atoms with Gasteiger partial charge in [-0.25, -0.2) is 4.39 Å². The average Bonchev–Trinajstić information content (AvgIpc) is 2.78. The summed E-state index contributed by atoms with van der Waals surface area (Å²) in [5, 5.41) is 8.49. The standard InChI is InChI=1S/C18H21FN4O/c1-2-10-22-11-3-12-23(13-18(22)24)17-9-8-16(20-21-17)14-4-6-15(19)7-5-14/h4-9H,2-3,10-13H2,1H3. The summed E-state index contributed by atoms with van der Waals surface area (Å²) in [6.07, 6.45) is 1.89. The fourth-order valence-corrected chi connectivity index (χ4v) is 2.89. The first kappa shape index (κ1) is 16.4. The molecule has 1 fully saturated rings. The molecule has 1 saturated heterocycles. The maximum Gasteiger partial charge on any atom is 0.242 e. The third-order valence-corrected chi connectivity index (χ3v) is 4.14.